The van der Waals surface area contributed by atoms with Crippen molar-refractivity contribution in [2.45, 2.75) is 25.9 Å². The molecule has 160 valence electrons. The summed E-state index contributed by atoms with van der Waals surface area (Å²) in [6.45, 7) is 2.50. The van der Waals surface area contributed by atoms with Crippen molar-refractivity contribution in [1.29, 1.82) is 0 Å². The number of anilines is 2. The Morgan fingerprint density at radius 1 is 1.07 bits per heavy atom. The molecule has 0 radical (unpaired) electrons. The highest BCUT2D eigenvalue weighted by Gasteiger charge is 2.35. The molecule has 0 aliphatic carbocycles. The number of benzene rings is 2. The number of aryl methyl sites for hydroxylation is 1. The van der Waals surface area contributed by atoms with Gasteiger partial charge in [0, 0.05) is 24.5 Å². The number of hydrogen-bond donors (Lipinski definition) is 2. The van der Waals surface area contributed by atoms with E-state index >= 15 is 0 Å². The number of likely N-dealkylation sites (tertiary alicyclic amines) is 1. The highest BCUT2D eigenvalue weighted by Crippen LogP contribution is 2.33. The molecule has 3 rings (SSSR count). The van der Waals surface area contributed by atoms with Gasteiger partial charge in [0.15, 0.2) is 0 Å². The highest BCUT2D eigenvalue weighted by molar-refractivity contribution is 5.94. The normalized spacial score (nSPS) is 16.8. The molecule has 1 saturated heterocycles. The minimum Gasteiger partial charge on any atom is -0.326 e. The van der Waals surface area contributed by atoms with Crippen molar-refractivity contribution in [3.63, 3.8) is 0 Å². The number of urea groups is 1. The molecule has 9 heteroatoms. The third kappa shape index (κ3) is 5.28. The quantitative estimate of drug-likeness (QED) is 0.680. The Kier molecular flexibility index (Phi) is 6.28. The number of carbonyl (C=O) groups excluding carboxylic acids is 2. The first-order valence-corrected chi connectivity index (χ1v) is 9.43. The van der Waals surface area contributed by atoms with Gasteiger partial charge in [0.05, 0.1) is 11.5 Å². The Labute approximate surface area is 171 Å². The number of piperidine rings is 1. The second-order valence-corrected chi connectivity index (χ2v) is 7.27. The van der Waals surface area contributed by atoms with Crippen LogP contribution in [-0.4, -0.2) is 29.9 Å². The molecule has 0 bridgehead atoms. The molecule has 2 aromatic carbocycles. The van der Waals surface area contributed by atoms with Crippen LogP contribution in [0, 0.1) is 18.7 Å². The molecule has 1 fully saturated rings. The van der Waals surface area contributed by atoms with Crippen LogP contribution in [0.2, 0.25) is 0 Å². The molecule has 1 unspecified atom stereocenters. The first kappa shape index (κ1) is 21.6. The summed E-state index contributed by atoms with van der Waals surface area (Å²) in [5.41, 5.74) is 0.0388. The number of nitrogens with one attached hydrogen (secondary N) is 2. The predicted molar refractivity (Wildman–Crippen MR) is 105 cm³/mol. The molecule has 0 aromatic heterocycles. The van der Waals surface area contributed by atoms with Crippen LogP contribution in [-0.2, 0) is 11.0 Å². The van der Waals surface area contributed by atoms with Crippen LogP contribution in [0.5, 0.6) is 0 Å². The van der Waals surface area contributed by atoms with Gasteiger partial charge in [0.25, 0.3) is 0 Å². The second kappa shape index (κ2) is 8.73. The first-order chi connectivity index (χ1) is 14.1. The molecule has 5 nitrogen and oxygen atoms in total. The van der Waals surface area contributed by atoms with E-state index in [-0.39, 0.29) is 18.3 Å². The third-order valence-electron chi connectivity index (χ3n) is 4.89. The molecule has 2 N–H and O–H groups in total. The molecule has 1 atom stereocenters. The lowest BCUT2D eigenvalue weighted by molar-refractivity contribution is -0.140. The van der Waals surface area contributed by atoms with Crippen molar-refractivity contribution in [2.24, 2.45) is 5.92 Å². The van der Waals surface area contributed by atoms with E-state index in [9.17, 15) is 27.2 Å². The van der Waals surface area contributed by atoms with Crippen LogP contribution in [0.3, 0.4) is 0 Å². The van der Waals surface area contributed by atoms with Crippen LogP contribution in [0.4, 0.5) is 33.7 Å². The maximum Gasteiger partial charge on any atom is 0.419 e. The average Bonchev–Trinajstić information content (AvgIpc) is 2.68. The van der Waals surface area contributed by atoms with Crippen LogP contribution in [0.15, 0.2) is 42.5 Å². The molecule has 1 aliphatic rings. The number of carbonyl (C=O) groups is 2. The zero-order chi connectivity index (χ0) is 21.9. The van der Waals surface area contributed by atoms with E-state index < -0.39 is 29.4 Å². The van der Waals surface area contributed by atoms with Crippen molar-refractivity contribution in [3.05, 3.63) is 59.4 Å². The smallest absolute Gasteiger partial charge is 0.326 e. The molecule has 1 heterocycles. The number of rotatable bonds is 3. The molecule has 2 aromatic rings. The fraction of sp³-hybridized carbons (Fsp3) is 0.333. The van der Waals surface area contributed by atoms with Gasteiger partial charge >= 0.3 is 12.2 Å². The van der Waals surface area contributed by atoms with Crippen LogP contribution in [0.1, 0.15) is 24.0 Å². The highest BCUT2D eigenvalue weighted by atomic mass is 19.4. The van der Waals surface area contributed by atoms with Crippen LogP contribution in [0.25, 0.3) is 0 Å². The lowest BCUT2D eigenvalue weighted by Gasteiger charge is -2.32. The van der Waals surface area contributed by atoms with E-state index in [0.29, 0.717) is 37.2 Å². The van der Waals surface area contributed by atoms with Gasteiger partial charge in [-0.1, -0.05) is 12.1 Å². The summed E-state index contributed by atoms with van der Waals surface area (Å²) in [4.78, 5) is 26.6. The van der Waals surface area contributed by atoms with E-state index in [1.165, 1.54) is 4.90 Å². The number of halogens is 4. The Balaban J connectivity index is 1.64. The van der Waals surface area contributed by atoms with Crippen LogP contribution >= 0.6 is 0 Å². The Morgan fingerprint density at radius 3 is 2.50 bits per heavy atom. The van der Waals surface area contributed by atoms with E-state index in [1.54, 1.807) is 6.07 Å². The largest absolute Gasteiger partial charge is 0.419 e. The molecule has 0 spiro atoms. The third-order valence-corrected chi connectivity index (χ3v) is 4.89. The second-order valence-electron chi connectivity index (χ2n) is 7.27. The predicted octanol–water partition coefficient (Wildman–Crippen LogP) is 5.04. The lowest BCUT2D eigenvalue weighted by atomic mass is 9.97. The molecule has 1 aliphatic heterocycles. The SMILES string of the molecule is Cc1cccc(NC(=O)N2CCCC(C(=O)Nc3ccc(F)c(C(F)(F)F)c3)C2)c1. The van der Waals surface area contributed by atoms with E-state index in [4.69, 9.17) is 0 Å². The summed E-state index contributed by atoms with van der Waals surface area (Å²) in [7, 11) is 0. The van der Waals surface area contributed by atoms with Gasteiger partial charge in [-0.3, -0.25) is 4.79 Å². The maximum atomic E-state index is 13.4. The standard InChI is InChI=1S/C21H21F4N3O2/c1-13-4-2-6-15(10-13)27-20(30)28-9-3-5-14(12-28)19(29)26-16-7-8-18(22)17(11-16)21(23,24)25/h2,4,6-8,10-11,14H,3,5,9,12H2,1H3,(H,26,29)(H,27,30). The lowest BCUT2D eigenvalue weighted by Crippen LogP contribution is -2.45. The molecular formula is C21H21F4N3O2. The fourth-order valence-electron chi connectivity index (χ4n) is 3.37. The van der Waals surface area contributed by atoms with Gasteiger partial charge in [-0.15, -0.1) is 0 Å². The zero-order valence-corrected chi connectivity index (χ0v) is 16.2. The number of amides is 3. The fourth-order valence-corrected chi connectivity index (χ4v) is 3.37. The molecular weight excluding hydrogens is 402 g/mol. The van der Waals surface area contributed by atoms with Gasteiger partial charge in [-0.25, -0.2) is 9.18 Å². The monoisotopic (exact) mass is 423 g/mol. The number of alkyl halides is 3. The van der Waals surface area contributed by atoms with E-state index in [1.807, 2.05) is 25.1 Å². The van der Waals surface area contributed by atoms with Crippen molar-refractivity contribution in [1.82, 2.24) is 4.90 Å². The van der Waals surface area contributed by atoms with Gasteiger partial charge < -0.3 is 15.5 Å². The summed E-state index contributed by atoms with van der Waals surface area (Å²) in [6, 6.07) is 9.25. The maximum absolute atomic E-state index is 13.4. The minimum absolute atomic E-state index is 0.136. The Bertz CT molecular complexity index is 946. The van der Waals surface area contributed by atoms with Gasteiger partial charge in [-0.2, -0.15) is 13.2 Å². The van der Waals surface area contributed by atoms with Gasteiger partial charge in [0.1, 0.15) is 5.82 Å². The average molecular weight is 423 g/mol. The van der Waals surface area contributed by atoms with Crippen molar-refractivity contribution < 1.29 is 27.2 Å². The Hall–Kier alpha value is -3.10. The summed E-state index contributed by atoms with van der Waals surface area (Å²) in [5.74, 6) is -2.50. The first-order valence-electron chi connectivity index (χ1n) is 9.43. The summed E-state index contributed by atoms with van der Waals surface area (Å²) >= 11 is 0. The number of nitrogens with zero attached hydrogens (tertiary/aromatic N) is 1. The van der Waals surface area contributed by atoms with Crippen molar-refractivity contribution in [3.8, 4) is 0 Å². The van der Waals surface area contributed by atoms with Crippen LogP contribution < -0.4 is 10.6 Å². The Morgan fingerprint density at radius 2 is 1.80 bits per heavy atom. The van der Waals surface area contributed by atoms with Gasteiger partial charge in [-0.05, 0) is 55.7 Å². The van der Waals surface area contributed by atoms with Crippen molar-refractivity contribution >= 4 is 23.3 Å². The summed E-state index contributed by atoms with van der Waals surface area (Å²) < 4.78 is 52.0. The molecule has 0 saturated carbocycles. The topological polar surface area (TPSA) is 61.4 Å². The summed E-state index contributed by atoms with van der Waals surface area (Å²) in [5, 5.41) is 5.18. The van der Waals surface area contributed by atoms with E-state index in [2.05, 4.69) is 10.6 Å². The van der Waals surface area contributed by atoms with Gasteiger partial charge in [0.2, 0.25) is 5.91 Å². The molecule has 3 amide bonds. The zero-order valence-electron chi connectivity index (χ0n) is 16.2. The summed E-state index contributed by atoms with van der Waals surface area (Å²) in [6.07, 6.45) is -3.79. The van der Waals surface area contributed by atoms with Crippen molar-refractivity contribution in [2.75, 3.05) is 23.7 Å². The number of hydrogen-bond acceptors (Lipinski definition) is 2. The van der Waals surface area contributed by atoms with E-state index in [0.717, 1.165) is 11.6 Å². The molecule has 30 heavy (non-hydrogen) atoms. The minimum atomic E-state index is -4.86.